The molecule has 2 aromatic rings. The Kier molecular flexibility index (Phi) is 6.53. The molecule has 0 unspecified atom stereocenters. The van der Waals surface area contributed by atoms with Crippen LogP contribution >= 0.6 is 11.3 Å². The lowest BCUT2D eigenvalue weighted by Crippen LogP contribution is -2.45. The smallest absolute Gasteiger partial charge is 0.279 e. The van der Waals surface area contributed by atoms with Crippen LogP contribution in [-0.4, -0.2) is 30.9 Å². The fourth-order valence-corrected chi connectivity index (χ4v) is 4.35. The van der Waals surface area contributed by atoms with Crippen LogP contribution in [0.3, 0.4) is 0 Å². The van der Waals surface area contributed by atoms with Gasteiger partial charge in [-0.25, -0.2) is 0 Å². The van der Waals surface area contributed by atoms with Crippen LogP contribution in [0.25, 0.3) is 0 Å². The van der Waals surface area contributed by atoms with Gasteiger partial charge in [0.1, 0.15) is 5.75 Å². The zero-order chi connectivity index (χ0) is 21.0. The van der Waals surface area contributed by atoms with Gasteiger partial charge >= 0.3 is 0 Å². The van der Waals surface area contributed by atoms with Crippen molar-refractivity contribution in [3.63, 3.8) is 0 Å². The molecule has 1 saturated heterocycles. The maximum atomic E-state index is 12.5. The molecule has 1 aliphatic heterocycles. The molecule has 0 saturated carbocycles. The number of hydrazine groups is 1. The highest BCUT2D eigenvalue weighted by atomic mass is 32.1. The number of hydrogen-bond donors (Lipinski definition) is 2. The first-order valence-electron chi connectivity index (χ1n) is 9.66. The Labute approximate surface area is 174 Å². The van der Waals surface area contributed by atoms with Crippen LogP contribution in [0.1, 0.15) is 40.4 Å². The number of aryl methyl sites for hydroxylation is 2. The Morgan fingerprint density at radius 1 is 1.24 bits per heavy atom. The summed E-state index contributed by atoms with van der Waals surface area (Å²) in [4.78, 5) is 40.6. The van der Waals surface area contributed by atoms with E-state index in [2.05, 4.69) is 10.9 Å². The van der Waals surface area contributed by atoms with Crippen molar-refractivity contribution in [2.75, 3.05) is 18.1 Å². The molecule has 1 aliphatic rings. The predicted molar refractivity (Wildman–Crippen MR) is 112 cm³/mol. The molecule has 0 bridgehead atoms. The molecule has 29 heavy (non-hydrogen) atoms. The molecule has 1 fully saturated rings. The van der Waals surface area contributed by atoms with Gasteiger partial charge in [0.2, 0.25) is 11.8 Å². The molecular formula is C21H25N3O4S. The van der Waals surface area contributed by atoms with Crippen molar-refractivity contribution in [2.45, 2.75) is 33.6 Å². The van der Waals surface area contributed by atoms with E-state index in [0.29, 0.717) is 22.9 Å². The number of rotatable bonds is 6. The average molecular weight is 416 g/mol. The first-order chi connectivity index (χ1) is 13.9. The molecule has 0 radical (unpaired) electrons. The molecule has 3 amide bonds. The van der Waals surface area contributed by atoms with Crippen LogP contribution in [0.5, 0.6) is 5.75 Å². The number of para-hydroxylation sites is 2. The van der Waals surface area contributed by atoms with Crippen molar-refractivity contribution >= 4 is 34.7 Å². The zero-order valence-electron chi connectivity index (χ0n) is 16.8. The Balaban J connectivity index is 1.61. The standard InChI is InChI=1S/C21H25N3O4S/c1-4-17-13(3)10-18(29-17)21(27)23-22-20(26)14-11-19(25)24(12-14)15-8-6-7-9-16(15)28-5-2/h6-10,14H,4-5,11-12H2,1-3H3,(H,22,26)(H,23,27)/t14-/m1/s1. The third-order valence-electron chi connectivity index (χ3n) is 4.82. The minimum absolute atomic E-state index is 0.0836. The van der Waals surface area contributed by atoms with E-state index in [9.17, 15) is 14.4 Å². The van der Waals surface area contributed by atoms with Gasteiger partial charge in [0.05, 0.1) is 23.1 Å². The van der Waals surface area contributed by atoms with Gasteiger partial charge in [0, 0.05) is 17.8 Å². The molecule has 8 heteroatoms. The van der Waals surface area contributed by atoms with Crippen LogP contribution < -0.4 is 20.5 Å². The van der Waals surface area contributed by atoms with Crippen molar-refractivity contribution < 1.29 is 19.1 Å². The summed E-state index contributed by atoms with van der Waals surface area (Å²) in [7, 11) is 0. The van der Waals surface area contributed by atoms with Crippen LogP contribution in [0.2, 0.25) is 0 Å². The van der Waals surface area contributed by atoms with Crippen molar-refractivity contribution in [2.24, 2.45) is 5.92 Å². The van der Waals surface area contributed by atoms with Crippen LogP contribution in [0.4, 0.5) is 5.69 Å². The van der Waals surface area contributed by atoms with Gasteiger partial charge in [-0.05, 0) is 44.0 Å². The number of carbonyl (C=O) groups is 3. The maximum absolute atomic E-state index is 12.5. The number of anilines is 1. The van der Waals surface area contributed by atoms with Gasteiger partial charge in [0.25, 0.3) is 5.91 Å². The minimum atomic E-state index is -0.547. The highest BCUT2D eigenvalue weighted by Gasteiger charge is 2.36. The van der Waals surface area contributed by atoms with Crippen molar-refractivity contribution in [1.82, 2.24) is 10.9 Å². The lowest BCUT2D eigenvalue weighted by molar-refractivity contribution is -0.126. The molecule has 1 atom stereocenters. The summed E-state index contributed by atoms with van der Waals surface area (Å²) >= 11 is 1.42. The summed E-state index contributed by atoms with van der Waals surface area (Å²) in [5, 5.41) is 0. The first-order valence-corrected chi connectivity index (χ1v) is 10.5. The predicted octanol–water partition coefficient (Wildman–Crippen LogP) is 2.83. The SMILES string of the molecule is CCOc1ccccc1N1C[C@H](C(=O)NNC(=O)c2cc(C)c(CC)s2)CC1=O. The second kappa shape index (κ2) is 9.09. The lowest BCUT2D eigenvalue weighted by atomic mass is 10.1. The van der Waals surface area contributed by atoms with E-state index in [1.165, 1.54) is 11.3 Å². The van der Waals surface area contributed by atoms with E-state index in [1.807, 2.05) is 39.0 Å². The molecule has 7 nitrogen and oxygen atoms in total. The molecule has 2 heterocycles. The van der Waals surface area contributed by atoms with Crippen LogP contribution in [0, 0.1) is 12.8 Å². The zero-order valence-corrected chi connectivity index (χ0v) is 17.6. The second-order valence-electron chi connectivity index (χ2n) is 6.82. The third-order valence-corrected chi connectivity index (χ3v) is 6.20. The third kappa shape index (κ3) is 4.59. The monoisotopic (exact) mass is 415 g/mol. The average Bonchev–Trinajstić information content (AvgIpc) is 3.29. The second-order valence-corrected chi connectivity index (χ2v) is 7.96. The number of hydrogen-bond acceptors (Lipinski definition) is 5. The normalized spacial score (nSPS) is 16.0. The topological polar surface area (TPSA) is 87.7 Å². The van der Waals surface area contributed by atoms with Crippen LogP contribution in [0.15, 0.2) is 30.3 Å². The van der Waals surface area contributed by atoms with E-state index in [0.717, 1.165) is 16.9 Å². The van der Waals surface area contributed by atoms with Crippen molar-refractivity contribution in [1.29, 1.82) is 0 Å². The van der Waals surface area contributed by atoms with Crippen molar-refractivity contribution in [3.05, 3.63) is 45.6 Å². The van der Waals surface area contributed by atoms with E-state index < -0.39 is 5.92 Å². The molecule has 0 aliphatic carbocycles. The lowest BCUT2D eigenvalue weighted by Gasteiger charge is -2.20. The minimum Gasteiger partial charge on any atom is -0.492 e. The summed E-state index contributed by atoms with van der Waals surface area (Å²) in [5.41, 5.74) is 6.64. The summed E-state index contributed by atoms with van der Waals surface area (Å²) in [5.74, 6) is -0.822. The summed E-state index contributed by atoms with van der Waals surface area (Å²) in [6, 6.07) is 9.08. The fourth-order valence-electron chi connectivity index (χ4n) is 3.34. The number of nitrogens with zero attached hydrogens (tertiary/aromatic N) is 1. The van der Waals surface area contributed by atoms with Gasteiger partial charge < -0.3 is 9.64 Å². The first kappa shape index (κ1) is 20.9. The Bertz CT molecular complexity index is 924. The largest absolute Gasteiger partial charge is 0.492 e. The Morgan fingerprint density at radius 3 is 2.69 bits per heavy atom. The molecule has 3 rings (SSSR count). The quantitative estimate of drug-likeness (QED) is 0.710. The number of nitrogens with one attached hydrogen (secondary N) is 2. The number of ether oxygens (including phenoxy) is 1. The summed E-state index contributed by atoms with van der Waals surface area (Å²) in [6.07, 6.45) is 0.944. The fraction of sp³-hybridized carbons (Fsp3) is 0.381. The highest BCUT2D eigenvalue weighted by molar-refractivity contribution is 7.14. The summed E-state index contributed by atoms with van der Waals surface area (Å²) < 4.78 is 5.59. The maximum Gasteiger partial charge on any atom is 0.279 e. The number of carbonyl (C=O) groups excluding carboxylic acids is 3. The van der Waals surface area contributed by atoms with Gasteiger partial charge in [-0.3, -0.25) is 25.2 Å². The van der Waals surface area contributed by atoms with E-state index in [4.69, 9.17) is 4.74 Å². The van der Waals surface area contributed by atoms with Gasteiger partial charge in [-0.15, -0.1) is 11.3 Å². The molecule has 2 N–H and O–H groups in total. The van der Waals surface area contributed by atoms with Crippen LogP contribution in [-0.2, 0) is 16.0 Å². The summed E-state index contributed by atoms with van der Waals surface area (Å²) in [6.45, 7) is 6.60. The highest BCUT2D eigenvalue weighted by Crippen LogP contribution is 2.33. The molecule has 154 valence electrons. The van der Waals surface area contributed by atoms with Crippen molar-refractivity contribution in [3.8, 4) is 5.75 Å². The number of thiophene rings is 1. The molecule has 0 spiro atoms. The van der Waals surface area contributed by atoms with Gasteiger partial charge in [-0.2, -0.15) is 0 Å². The molecule has 1 aromatic carbocycles. The van der Waals surface area contributed by atoms with E-state index >= 15 is 0 Å². The Hall–Kier alpha value is -2.87. The number of benzene rings is 1. The van der Waals surface area contributed by atoms with E-state index in [1.54, 1.807) is 17.0 Å². The van der Waals surface area contributed by atoms with E-state index in [-0.39, 0.29) is 30.7 Å². The van der Waals surface area contributed by atoms with Gasteiger partial charge in [0.15, 0.2) is 0 Å². The molecule has 1 aromatic heterocycles. The molecular weight excluding hydrogens is 390 g/mol. The number of amides is 3. The van der Waals surface area contributed by atoms with Gasteiger partial charge in [-0.1, -0.05) is 19.1 Å². The Morgan fingerprint density at radius 2 is 2.00 bits per heavy atom.